The molecule has 2 N–H and O–H groups in total. The summed E-state index contributed by atoms with van der Waals surface area (Å²) in [7, 11) is 0. The molecule has 10 nitrogen and oxygen atoms in total. The average molecular weight is 650 g/mol. The molecule has 4 aliphatic heterocycles. The zero-order valence-electron chi connectivity index (χ0n) is 26.7. The Hall–Kier alpha value is -4.80. The summed E-state index contributed by atoms with van der Waals surface area (Å²) in [4.78, 5) is 59.2. The van der Waals surface area contributed by atoms with Crippen LogP contribution in [0.1, 0.15) is 25.3 Å². The number of hydrogen-bond donors (Lipinski definition) is 2. The summed E-state index contributed by atoms with van der Waals surface area (Å²) >= 11 is 0. The van der Waals surface area contributed by atoms with Gasteiger partial charge < -0.3 is 29.7 Å². The van der Waals surface area contributed by atoms with Crippen molar-refractivity contribution in [3.63, 3.8) is 0 Å². The number of amides is 3. The fraction of sp³-hybridized carbons (Fsp3) is 0.368. The van der Waals surface area contributed by atoms with Crippen molar-refractivity contribution in [1.29, 1.82) is 0 Å². The Morgan fingerprint density at radius 2 is 1.73 bits per heavy atom. The topological polar surface area (TPSA) is 125 Å². The van der Waals surface area contributed by atoms with Gasteiger partial charge in [0.25, 0.3) is 5.91 Å². The zero-order valence-corrected chi connectivity index (χ0v) is 26.7. The first kappa shape index (κ1) is 31.8. The number of nitrogens with one attached hydrogen (secondary N) is 1. The molecule has 3 aromatic rings. The highest BCUT2D eigenvalue weighted by atomic mass is 16.6. The van der Waals surface area contributed by atoms with Crippen LogP contribution in [0.5, 0.6) is 0 Å². The maximum atomic E-state index is 15.0. The molecule has 48 heavy (non-hydrogen) atoms. The Balaban J connectivity index is 1.34. The number of likely N-dealkylation sites (tertiary alicyclic amines) is 1. The van der Waals surface area contributed by atoms with E-state index in [4.69, 9.17) is 9.47 Å². The minimum Gasteiger partial charge on any atom is -0.460 e. The first-order chi connectivity index (χ1) is 23.3. The molecule has 4 heterocycles. The Bertz CT molecular complexity index is 1790. The number of hydrogen-bond acceptors (Lipinski definition) is 7. The Morgan fingerprint density at radius 3 is 2.52 bits per heavy atom. The van der Waals surface area contributed by atoms with Gasteiger partial charge in [0.1, 0.15) is 23.7 Å². The van der Waals surface area contributed by atoms with Gasteiger partial charge in [-0.15, -0.1) is 0 Å². The van der Waals surface area contributed by atoms with E-state index in [1.165, 1.54) is 4.90 Å². The van der Waals surface area contributed by atoms with Gasteiger partial charge in [-0.3, -0.25) is 19.2 Å². The molecule has 1 spiro atoms. The van der Waals surface area contributed by atoms with Gasteiger partial charge in [-0.05, 0) is 48.2 Å². The summed E-state index contributed by atoms with van der Waals surface area (Å²) in [5.74, 6) is -3.75. The van der Waals surface area contributed by atoms with E-state index >= 15 is 0 Å². The lowest BCUT2D eigenvalue weighted by molar-refractivity contribution is -0.159. The molecule has 0 bridgehead atoms. The second-order valence-electron chi connectivity index (χ2n) is 13.0. The van der Waals surface area contributed by atoms with Gasteiger partial charge in [0, 0.05) is 18.7 Å². The van der Waals surface area contributed by atoms with Gasteiger partial charge in [0.05, 0.1) is 31.2 Å². The SMILES string of the molecule is C[C@@H]1CNC(=O)CC/C=C\[C@H]2O[C@]34C=CCN(c5ccc6ccccc6c5)C(=O)[C@H]3N([C@@H](CO)Cc3ccccc3)C(=O)[C@@H]4[C@H]2C(=O)O1. The molecule has 0 unspecified atom stereocenters. The van der Waals surface area contributed by atoms with Crippen LogP contribution in [0.25, 0.3) is 10.8 Å². The molecule has 3 amide bonds. The molecule has 7 atom stereocenters. The number of ether oxygens (including phenoxy) is 2. The van der Waals surface area contributed by atoms with Crippen molar-refractivity contribution in [2.24, 2.45) is 11.8 Å². The zero-order chi connectivity index (χ0) is 33.4. The van der Waals surface area contributed by atoms with E-state index in [1.54, 1.807) is 30.1 Å². The third-order valence-corrected chi connectivity index (χ3v) is 9.93. The third-order valence-electron chi connectivity index (χ3n) is 9.93. The smallest absolute Gasteiger partial charge is 0.313 e. The molecule has 0 radical (unpaired) electrons. The van der Waals surface area contributed by atoms with E-state index in [1.807, 2.05) is 78.9 Å². The van der Waals surface area contributed by atoms with Crippen molar-refractivity contribution in [2.75, 3.05) is 24.6 Å². The van der Waals surface area contributed by atoms with Crippen LogP contribution in [0.15, 0.2) is 97.1 Å². The van der Waals surface area contributed by atoms with Crippen molar-refractivity contribution in [2.45, 2.75) is 56.1 Å². The first-order valence-corrected chi connectivity index (χ1v) is 16.6. The van der Waals surface area contributed by atoms with Crippen LogP contribution in [0.4, 0.5) is 5.69 Å². The second-order valence-corrected chi connectivity index (χ2v) is 13.0. The lowest BCUT2D eigenvalue weighted by Gasteiger charge is -2.38. The third kappa shape index (κ3) is 5.58. The van der Waals surface area contributed by atoms with E-state index in [0.29, 0.717) is 18.5 Å². The molecule has 0 saturated carbocycles. The van der Waals surface area contributed by atoms with Crippen molar-refractivity contribution < 1.29 is 33.8 Å². The lowest BCUT2D eigenvalue weighted by atomic mass is 9.78. The summed E-state index contributed by atoms with van der Waals surface area (Å²) in [6.45, 7) is 1.64. The molecule has 2 saturated heterocycles. The number of aliphatic hydroxyl groups is 1. The van der Waals surface area contributed by atoms with E-state index in [-0.39, 0.29) is 31.3 Å². The first-order valence-electron chi connectivity index (χ1n) is 16.6. The highest BCUT2D eigenvalue weighted by Gasteiger charge is 2.72. The van der Waals surface area contributed by atoms with E-state index in [9.17, 15) is 24.3 Å². The number of cyclic esters (lactones) is 1. The standard InChI is InChI=1S/C38H39N3O7/c1-24-22-39-31(43)15-8-7-14-30-32(37(46)47-24)33-35(44)41(29(23-42)20-25-10-3-2-4-11-25)34-36(45)40(19-9-18-38(33,34)48-30)28-17-16-26-12-5-6-13-27(26)21-28/h2-7,9-14,16-18,21,24,29-30,32-34,42H,8,15,19-20,22-23H2,1H3,(H,39,43)/b14-7-/t24-,29-,30-,32+,33+,34-,38+/m1/s1. The van der Waals surface area contributed by atoms with E-state index < -0.39 is 60.2 Å². The van der Waals surface area contributed by atoms with Crippen molar-refractivity contribution >= 4 is 40.2 Å². The fourth-order valence-corrected chi connectivity index (χ4v) is 7.71. The number of carbonyl (C=O) groups excluding carboxylic acids is 4. The number of fused-ring (bicyclic) bond motifs is 3. The summed E-state index contributed by atoms with van der Waals surface area (Å²) in [5.41, 5.74) is 0.0381. The predicted octanol–water partition coefficient (Wildman–Crippen LogP) is 3.32. The molecule has 3 aromatic carbocycles. The largest absolute Gasteiger partial charge is 0.460 e. The van der Waals surface area contributed by atoms with Crippen LogP contribution in [0.2, 0.25) is 0 Å². The Labute approximate surface area is 279 Å². The van der Waals surface area contributed by atoms with Crippen LogP contribution < -0.4 is 10.2 Å². The minimum absolute atomic E-state index is 0.133. The quantitative estimate of drug-likeness (QED) is 0.321. The van der Waals surface area contributed by atoms with Gasteiger partial charge in [-0.25, -0.2) is 0 Å². The molecule has 10 heteroatoms. The van der Waals surface area contributed by atoms with Gasteiger partial charge in [0.15, 0.2) is 0 Å². The van der Waals surface area contributed by atoms with Crippen molar-refractivity contribution in [3.8, 4) is 0 Å². The van der Waals surface area contributed by atoms with Gasteiger partial charge >= 0.3 is 5.97 Å². The number of esters is 1. The van der Waals surface area contributed by atoms with Crippen LogP contribution in [-0.4, -0.2) is 83.3 Å². The molecule has 0 aliphatic carbocycles. The van der Waals surface area contributed by atoms with Crippen molar-refractivity contribution in [1.82, 2.24) is 10.2 Å². The minimum atomic E-state index is -1.51. The van der Waals surface area contributed by atoms with Crippen LogP contribution in [-0.2, 0) is 35.1 Å². The summed E-state index contributed by atoms with van der Waals surface area (Å²) in [5, 5.41) is 15.6. The second kappa shape index (κ2) is 13.0. The number of nitrogens with zero attached hydrogens (tertiary/aromatic N) is 2. The van der Waals surface area contributed by atoms with Gasteiger partial charge in [-0.2, -0.15) is 0 Å². The predicted molar refractivity (Wildman–Crippen MR) is 179 cm³/mol. The highest BCUT2D eigenvalue weighted by molar-refractivity contribution is 6.06. The van der Waals surface area contributed by atoms with Crippen LogP contribution >= 0.6 is 0 Å². The number of carbonyl (C=O) groups is 4. The van der Waals surface area contributed by atoms with E-state index in [0.717, 1.165) is 16.3 Å². The number of aliphatic hydroxyl groups excluding tert-OH is 1. The summed E-state index contributed by atoms with van der Waals surface area (Å²) in [6, 6.07) is 21.2. The molecule has 0 aromatic heterocycles. The van der Waals surface area contributed by atoms with Gasteiger partial charge in [-0.1, -0.05) is 85.0 Å². The lowest BCUT2D eigenvalue weighted by Crippen LogP contribution is -2.58. The van der Waals surface area contributed by atoms with Crippen LogP contribution in [0.3, 0.4) is 0 Å². The molecular formula is C38H39N3O7. The number of rotatable bonds is 5. The maximum Gasteiger partial charge on any atom is 0.313 e. The van der Waals surface area contributed by atoms with E-state index in [2.05, 4.69) is 5.32 Å². The molecule has 2 fully saturated rings. The van der Waals surface area contributed by atoms with Crippen molar-refractivity contribution in [3.05, 3.63) is 103 Å². The summed E-state index contributed by atoms with van der Waals surface area (Å²) in [6.07, 6.45) is 6.52. The molecular weight excluding hydrogens is 610 g/mol. The monoisotopic (exact) mass is 649 g/mol. The molecule has 4 aliphatic rings. The number of allylic oxidation sites excluding steroid dienone is 1. The molecule has 7 rings (SSSR count). The normalized spacial score (nSPS) is 30.3. The average Bonchev–Trinajstić information content (AvgIpc) is 3.49. The summed E-state index contributed by atoms with van der Waals surface area (Å²) < 4.78 is 12.6. The number of benzene rings is 3. The fourth-order valence-electron chi connectivity index (χ4n) is 7.71. The van der Waals surface area contributed by atoms with Gasteiger partial charge in [0.2, 0.25) is 11.8 Å². The number of anilines is 1. The Kier molecular flexibility index (Phi) is 8.61. The maximum absolute atomic E-state index is 15.0. The van der Waals surface area contributed by atoms with Crippen LogP contribution in [0, 0.1) is 11.8 Å². The Morgan fingerprint density at radius 1 is 0.958 bits per heavy atom. The molecule has 248 valence electrons. The highest BCUT2D eigenvalue weighted by Crippen LogP contribution is 2.54.